The first-order chi connectivity index (χ1) is 6.86. The summed E-state index contributed by atoms with van der Waals surface area (Å²) in [5, 5.41) is 0. The van der Waals surface area contributed by atoms with Crippen molar-refractivity contribution in [2.24, 2.45) is 4.51 Å². The molecule has 0 saturated carbocycles. The molecule has 0 aromatic heterocycles. The molecule has 0 spiro atoms. The summed E-state index contributed by atoms with van der Waals surface area (Å²) in [7, 11) is 0. The van der Waals surface area contributed by atoms with Crippen LogP contribution in [0.1, 0.15) is 18.9 Å². The van der Waals surface area contributed by atoms with Crippen molar-refractivity contribution in [3.8, 4) is 0 Å². The maximum absolute atomic E-state index is 5.38. The molecule has 0 fully saturated rings. The number of benzene rings is 1. The lowest BCUT2D eigenvalue weighted by Crippen LogP contribution is -2.05. The van der Waals surface area contributed by atoms with Gasteiger partial charge in [0.1, 0.15) is 0 Å². The number of hydrogen-bond acceptors (Lipinski definition) is 2. The van der Waals surface area contributed by atoms with E-state index in [1.54, 1.807) is 0 Å². The lowest BCUT2D eigenvalue weighted by molar-refractivity contribution is 0.318. The molecular formula is C11H14ClNO. The maximum atomic E-state index is 5.38. The Hall–Kier alpha value is -1.02. The molecule has 0 atom stereocenters. The van der Waals surface area contributed by atoms with Crippen LogP contribution in [0.25, 0.3) is 0 Å². The largest absolute Gasteiger partial charge is 0.480 e. The first-order valence-corrected chi connectivity index (χ1v) is 5.05. The Kier molecular flexibility index (Phi) is 5.08. The summed E-state index contributed by atoms with van der Waals surface area (Å²) >= 11 is 5.38. The van der Waals surface area contributed by atoms with Crippen LogP contribution in [0.5, 0.6) is 0 Å². The molecule has 0 radical (unpaired) electrons. The summed E-state index contributed by atoms with van der Waals surface area (Å²) < 4.78 is 8.79. The van der Waals surface area contributed by atoms with E-state index in [2.05, 4.69) is 16.6 Å². The minimum atomic E-state index is 0.609. The summed E-state index contributed by atoms with van der Waals surface area (Å²) in [4.78, 5) is 0. The molecule has 2 nitrogen and oxygen atoms in total. The molecule has 0 N–H and O–H groups in total. The lowest BCUT2D eigenvalue weighted by atomic mass is 10.1. The smallest absolute Gasteiger partial charge is 0.201 e. The predicted octanol–water partition coefficient (Wildman–Crippen LogP) is 3.21. The standard InChI is InChI=1S/C11H14ClNO/c1-2-14-11(13-12)9-8-10-6-4-3-5-7-10/h3-7H,2,8-9H2,1H3. The third-order valence-corrected chi connectivity index (χ3v) is 2.06. The molecule has 0 bridgehead atoms. The molecule has 1 rings (SSSR count). The highest BCUT2D eigenvalue weighted by Crippen LogP contribution is 2.04. The second-order valence-corrected chi connectivity index (χ2v) is 3.07. The Labute approximate surface area is 89.7 Å². The van der Waals surface area contributed by atoms with Crippen molar-refractivity contribution in [2.75, 3.05) is 6.61 Å². The van der Waals surface area contributed by atoms with Gasteiger partial charge in [-0.3, -0.25) is 0 Å². The minimum Gasteiger partial charge on any atom is -0.480 e. The molecule has 0 aliphatic heterocycles. The van der Waals surface area contributed by atoms with E-state index in [0.717, 1.165) is 12.8 Å². The van der Waals surface area contributed by atoms with Crippen molar-refractivity contribution in [3.63, 3.8) is 0 Å². The zero-order valence-electron chi connectivity index (χ0n) is 8.24. The monoisotopic (exact) mass is 211 g/mol. The Morgan fingerprint density at radius 3 is 2.64 bits per heavy atom. The van der Waals surface area contributed by atoms with Gasteiger partial charge in [0, 0.05) is 18.2 Å². The average molecular weight is 212 g/mol. The fourth-order valence-electron chi connectivity index (χ4n) is 1.20. The van der Waals surface area contributed by atoms with Gasteiger partial charge in [-0.1, -0.05) is 30.3 Å². The molecule has 1 aromatic carbocycles. The van der Waals surface area contributed by atoms with E-state index in [1.165, 1.54) is 5.56 Å². The molecule has 1 aromatic rings. The maximum Gasteiger partial charge on any atom is 0.201 e. The van der Waals surface area contributed by atoms with Crippen LogP contribution in [0.3, 0.4) is 0 Å². The number of ether oxygens (including phenoxy) is 1. The predicted molar refractivity (Wildman–Crippen MR) is 59.7 cm³/mol. The van der Waals surface area contributed by atoms with Crippen LogP contribution in [0, 0.1) is 0 Å². The van der Waals surface area contributed by atoms with Gasteiger partial charge in [-0.2, -0.15) is 0 Å². The summed E-state index contributed by atoms with van der Waals surface area (Å²) in [6.07, 6.45) is 1.66. The summed E-state index contributed by atoms with van der Waals surface area (Å²) in [5.74, 6) is 0.609. The number of halogens is 1. The van der Waals surface area contributed by atoms with Gasteiger partial charge in [-0.05, 0) is 18.9 Å². The van der Waals surface area contributed by atoms with Crippen LogP contribution >= 0.6 is 11.8 Å². The third kappa shape index (κ3) is 3.79. The van der Waals surface area contributed by atoms with Gasteiger partial charge < -0.3 is 4.74 Å². The Morgan fingerprint density at radius 1 is 1.36 bits per heavy atom. The molecular weight excluding hydrogens is 198 g/mol. The van der Waals surface area contributed by atoms with Crippen molar-refractivity contribution in [1.82, 2.24) is 0 Å². The highest BCUT2D eigenvalue weighted by molar-refractivity contribution is 6.19. The van der Waals surface area contributed by atoms with E-state index < -0.39 is 0 Å². The van der Waals surface area contributed by atoms with E-state index in [9.17, 15) is 0 Å². The molecule has 0 saturated heterocycles. The Bertz CT molecular complexity index is 285. The number of rotatable bonds is 4. The summed E-state index contributed by atoms with van der Waals surface area (Å²) in [6, 6.07) is 10.2. The van der Waals surface area contributed by atoms with Crippen molar-refractivity contribution < 1.29 is 4.74 Å². The zero-order chi connectivity index (χ0) is 10.2. The van der Waals surface area contributed by atoms with Gasteiger partial charge in [0.05, 0.1) is 6.61 Å². The molecule has 3 heteroatoms. The quantitative estimate of drug-likeness (QED) is 0.554. The molecule has 0 heterocycles. The SMILES string of the molecule is CCOC(CCc1ccccc1)=NCl. The van der Waals surface area contributed by atoms with Crippen molar-refractivity contribution in [1.29, 1.82) is 0 Å². The van der Waals surface area contributed by atoms with Crippen molar-refractivity contribution in [3.05, 3.63) is 35.9 Å². The molecule has 76 valence electrons. The van der Waals surface area contributed by atoms with Gasteiger partial charge in [0.2, 0.25) is 5.90 Å². The zero-order valence-corrected chi connectivity index (χ0v) is 9.00. The number of nitrogens with zero attached hydrogens (tertiary/aromatic N) is 1. The van der Waals surface area contributed by atoms with Crippen molar-refractivity contribution >= 4 is 17.7 Å². The van der Waals surface area contributed by atoms with Crippen LogP contribution in [0.4, 0.5) is 0 Å². The van der Waals surface area contributed by atoms with Gasteiger partial charge in [-0.15, -0.1) is 4.51 Å². The average Bonchev–Trinajstić information content (AvgIpc) is 2.25. The highest BCUT2D eigenvalue weighted by atomic mass is 35.5. The third-order valence-electron chi connectivity index (χ3n) is 1.88. The summed E-state index contributed by atoms with van der Waals surface area (Å²) in [5.41, 5.74) is 1.27. The van der Waals surface area contributed by atoms with Crippen molar-refractivity contribution in [2.45, 2.75) is 19.8 Å². The molecule has 0 unspecified atom stereocenters. The second-order valence-electron chi connectivity index (χ2n) is 2.90. The number of hydrogen-bond donors (Lipinski definition) is 0. The highest BCUT2D eigenvalue weighted by Gasteiger charge is 2.00. The first kappa shape index (κ1) is 11.1. The van der Waals surface area contributed by atoms with E-state index in [4.69, 9.17) is 16.5 Å². The first-order valence-electron chi connectivity index (χ1n) is 4.71. The van der Waals surface area contributed by atoms with Crippen LogP contribution in [-0.2, 0) is 11.2 Å². The molecule has 14 heavy (non-hydrogen) atoms. The van der Waals surface area contributed by atoms with Crippen LogP contribution in [0.15, 0.2) is 34.8 Å². The fourth-order valence-corrected chi connectivity index (χ4v) is 1.33. The van der Waals surface area contributed by atoms with Crippen LogP contribution in [0.2, 0.25) is 0 Å². The second kappa shape index (κ2) is 6.44. The van der Waals surface area contributed by atoms with Crippen LogP contribution < -0.4 is 0 Å². The minimum absolute atomic E-state index is 0.609. The van der Waals surface area contributed by atoms with E-state index in [0.29, 0.717) is 12.5 Å². The van der Waals surface area contributed by atoms with E-state index >= 15 is 0 Å². The van der Waals surface area contributed by atoms with Gasteiger partial charge in [0.25, 0.3) is 0 Å². The topological polar surface area (TPSA) is 21.6 Å². The Balaban J connectivity index is 2.40. The molecule has 0 aliphatic rings. The van der Waals surface area contributed by atoms with Gasteiger partial charge >= 0.3 is 0 Å². The van der Waals surface area contributed by atoms with Gasteiger partial charge in [-0.25, -0.2) is 0 Å². The molecule has 0 aliphatic carbocycles. The lowest BCUT2D eigenvalue weighted by Gasteiger charge is -2.05. The van der Waals surface area contributed by atoms with E-state index in [1.807, 2.05) is 25.1 Å². The summed E-state index contributed by atoms with van der Waals surface area (Å²) in [6.45, 7) is 2.53. The fraction of sp³-hybridized carbons (Fsp3) is 0.364. The van der Waals surface area contributed by atoms with Crippen LogP contribution in [-0.4, -0.2) is 12.5 Å². The molecule has 0 amide bonds. The number of aryl methyl sites for hydroxylation is 1. The van der Waals surface area contributed by atoms with E-state index in [-0.39, 0.29) is 0 Å². The van der Waals surface area contributed by atoms with Gasteiger partial charge in [0.15, 0.2) is 0 Å². The normalized spacial score (nSPS) is 11.4. The Morgan fingerprint density at radius 2 is 2.07 bits per heavy atom.